The molecule has 0 aliphatic rings. The molecule has 1 heterocycles. The molecule has 0 amide bonds. The fourth-order valence-corrected chi connectivity index (χ4v) is 3.16. The Labute approximate surface area is 145 Å². The van der Waals surface area contributed by atoms with E-state index in [4.69, 9.17) is 16.3 Å². The minimum absolute atomic E-state index is 0.271. The maximum atomic E-state index is 11.6. The van der Waals surface area contributed by atoms with Gasteiger partial charge in [-0.1, -0.05) is 23.7 Å². The van der Waals surface area contributed by atoms with Crippen molar-refractivity contribution in [1.82, 2.24) is 9.78 Å². The minimum Gasteiger partial charge on any atom is -0.497 e. The maximum absolute atomic E-state index is 11.6. The van der Waals surface area contributed by atoms with Gasteiger partial charge >= 0.3 is 0 Å². The number of rotatable bonds is 4. The second kappa shape index (κ2) is 6.30. The number of halogens is 1. The summed E-state index contributed by atoms with van der Waals surface area (Å²) in [6, 6.07) is 15.8. The molecule has 0 aliphatic heterocycles. The summed E-state index contributed by atoms with van der Waals surface area (Å²) >= 11 is 6.08. The summed E-state index contributed by atoms with van der Waals surface area (Å²) in [5.74, 6) is 0.746. The van der Waals surface area contributed by atoms with Gasteiger partial charge in [0.05, 0.1) is 23.4 Å². The summed E-state index contributed by atoms with van der Waals surface area (Å²) in [4.78, 5) is 0.271. The van der Waals surface area contributed by atoms with E-state index >= 15 is 0 Å². The van der Waals surface area contributed by atoms with Crippen LogP contribution in [0.25, 0.3) is 16.9 Å². The van der Waals surface area contributed by atoms with Crippen LogP contribution in [0, 0.1) is 0 Å². The molecule has 0 N–H and O–H groups in total. The van der Waals surface area contributed by atoms with E-state index in [2.05, 4.69) is 5.10 Å². The predicted octanol–water partition coefficient (Wildman–Crippen LogP) is 3.60. The average Bonchev–Trinajstić information content (AvgIpc) is 2.96. The van der Waals surface area contributed by atoms with Crippen LogP contribution < -0.4 is 4.74 Å². The van der Waals surface area contributed by atoms with Crippen molar-refractivity contribution in [3.8, 4) is 22.7 Å². The Hall–Kier alpha value is -2.31. The Kier molecular flexibility index (Phi) is 4.34. The number of ether oxygens (including phenoxy) is 1. The fraction of sp³-hybridized carbons (Fsp3) is 0.118. The highest BCUT2D eigenvalue weighted by Gasteiger charge is 2.13. The first-order chi connectivity index (χ1) is 11.4. The van der Waals surface area contributed by atoms with Gasteiger partial charge in [-0.05, 0) is 36.4 Å². The van der Waals surface area contributed by atoms with Gasteiger partial charge in [0, 0.05) is 17.9 Å². The van der Waals surface area contributed by atoms with Crippen molar-refractivity contribution < 1.29 is 13.2 Å². The van der Waals surface area contributed by atoms with Crippen LogP contribution in [0.3, 0.4) is 0 Å². The molecule has 2 aromatic carbocycles. The van der Waals surface area contributed by atoms with E-state index in [1.54, 1.807) is 42.1 Å². The molecule has 0 saturated heterocycles. The smallest absolute Gasteiger partial charge is 0.175 e. The Morgan fingerprint density at radius 2 is 1.67 bits per heavy atom. The van der Waals surface area contributed by atoms with E-state index in [-0.39, 0.29) is 4.90 Å². The Bertz CT molecular complexity index is 962. The van der Waals surface area contributed by atoms with Gasteiger partial charge in [0.2, 0.25) is 0 Å². The SMILES string of the molecule is COc1ccc(-n2nc(Cl)cc2-c2ccc(S(C)(=O)=O)cc2)cc1. The first-order valence-corrected chi connectivity index (χ1v) is 9.36. The van der Waals surface area contributed by atoms with Gasteiger partial charge in [-0.3, -0.25) is 0 Å². The van der Waals surface area contributed by atoms with E-state index in [0.29, 0.717) is 5.15 Å². The van der Waals surface area contributed by atoms with Crippen molar-refractivity contribution in [3.63, 3.8) is 0 Å². The van der Waals surface area contributed by atoms with Gasteiger partial charge in [-0.25, -0.2) is 13.1 Å². The zero-order valence-corrected chi connectivity index (χ0v) is 14.7. The third kappa shape index (κ3) is 3.29. The lowest BCUT2D eigenvalue weighted by Crippen LogP contribution is -2.00. The van der Waals surface area contributed by atoms with Gasteiger partial charge < -0.3 is 4.74 Å². The molecule has 0 bridgehead atoms. The molecule has 3 aromatic rings. The number of methoxy groups -OCH3 is 1. The van der Waals surface area contributed by atoms with Crippen LogP contribution in [0.4, 0.5) is 0 Å². The molecule has 3 rings (SSSR count). The molecule has 24 heavy (non-hydrogen) atoms. The predicted molar refractivity (Wildman–Crippen MR) is 93.7 cm³/mol. The zero-order chi connectivity index (χ0) is 17.3. The van der Waals surface area contributed by atoms with Crippen molar-refractivity contribution in [2.45, 2.75) is 4.90 Å². The molecule has 0 atom stereocenters. The van der Waals surface area contributed by atoms with E-state index in [1.165, 1.54) is 6.26 Å². The molecule has 5 nitrogen and oxygen atoms in total. The van der Waals surface area contributed by atoms with Crippen molar-refractivity contribution in [2.75, 3.05) is 13.4 Å². The topological polar surface area (TPSA) is 61.2 Å². The molecule has 0 saturated carbocycles. The van der Waals surface area contributed by atoms with Crippen LogP contribution in [-0.4, -0.2) is 31.6 Å². The Morgan fingerprint density at radius 1 is 1.04 bits per heavy atom. The van der Waals surface area contributed by atoms with Crippen LogP contribution >= 0.6 is 11.6 Å². The summed E-state index contributed by atoms with van der Waals surface area (Å²) < 4.78 is 30.0. The number of benzene rings is 2. The normalized spacial score (nSPS) is 11.5. The van der Waals surface area contributed by atoms with Gasteiger partial charge in [0.15, 0.2) is 15.0 Å². The van der Waals surface area contributed by atoms with Gasteiger partial charge in [0.25, 0.3) is 0 Å². The number of sulfone groups is 1. The monoisotopic (exact) mass is 362 g/mol. The van der Waals surface area contributed by atoms with Crippen LogP contribution in [0.2, 0.25) is 5.15 Å². The largest absolute Gasteiger partial charge is 0.497 e. The molecule has 0 aliphatic carbocycles. The lowest BCUT2D eigenvalue weighted by atomic mass is 10.1. The molecule has 0 radical (unpaired) electrons. The van der Waals surface area contributed by atoms with E-state index < -0.39 is 9.84 Å². The number of hydrogen-bond donors (Lipinski definition) is 0. The Morgan fingerprint density at radius 3 is 2.21 bits per heavy atom. The first-order valence-electron chi connectivity index (χ1n) is 7.09. The van der Waals surface area contributed by atoms with Crippen LogP contribution in [-0.2, 0) is 9.84 Å². The molecule has 124 valence electrons. The lowest BCUT2D eigenvalue weighted by molar-refractivity contribution is 0.414. The van der Waals surface area contributed by atoms with Crippen molar-refractivity contribution in [3.05, 3.63) is 59.8 Å². The quantitative estimate of drug-likeness (QED) is 0.711. The number of aromatic nitrogens is 2. The summed E-state index contributed by atoms with van der Waals surface area (Å²) in [5.41, 5.74) is 2.41. The molecule has 7 heteroatoms. The standard InChI is InChI=1S/C17H15ClN2O3S/c1-23-14-7-5-13(6-8-14)20-16(11-17(18)19-20)12-3-9-15(10-4-12)24(2,21)22/h3-11H,1-2H3. The second-order valence-corrected chi connectivity index (χ2v) is 7.66. The summed E-state index contributed by atoms with van der Waals surface area (Å²) in [6.07, 6.45) is 1.18. The molecule has 0 unspecified atom stereocenters. The van der Waals surface area contributed by atoms with E-state index in [1.807, 2.05) is 24.3 Å². The third-order valence-electron chi connectivity index (χ3n) is 3.57. The van der Waals surface area contributed by atoms with Crippen LogP contribution in [0.15, 0.2) is 59.5 Å². The van der Waals surface area contributed by atoms with Crippen molar-refractivity contribution >= 4 is 21.4 Å². The molecule has 0 spiro atoms. The molecule has 1 aromatic heterocycles. The average molecular weight is 363 g/mol. The minimum atomic E-state index is -3.23. The van der Waals surface area contributed by atoms with E-state index in [9.17, 15) is 8.42 Å². The highest BCUT2D eigenvalue weighted by atomic mass is 35.5. The van der Waals surface area contributed by atoms with Gasteiger partial charge in [0.1, 0.15) is 5.75 Å². The molecular formula is C17H15ClN2O3S. The zero-order valence-electron chi connectivity index (χ0n) is 13.1. The molecule has 0 fully saturated rings. The van der Waals surface area contributed by atoms with Gasteiger partial charge in [-0.15, -0.1) is 0 Å². The first kappa shape index (κ1) is 16.5. The highest BCUT2D eigenvalue weighted by Crippen LogP contribution is 2.27. The van der Waals surface area contributed by atoms with Crippen molar-refractivity contribution in [1.29, 1.82) is 0 Å². The Balaban J connectivity index is 2.05. The maximum Gasteiger partial charge on any atom is 0.175 e. The summed E-state index contributed by atoms with van der Waals surface area (Å²) in [6.45, 7) is 0. The van der Waals surface area contributed by atoms with E-state index in [0.717, 1.165) is 22.7 Å². The number of hydrogen-bond acceptors (Lipinski definition) is 4. The van der Waals surface area contributed by atoms with Crippen molar-refractivity contribution in [2.24, 2.45) is 0 Å². The fourth-order valence-electron chi connectivity index (χ4n) is 2.35. The van der Waals surface area contributed by atoms with Crippen LogP contribution in [0.1, 0.15) is 0 Å². The number of nitrogens with zero attached hydrogens (tertiary/aromatic N) is 2. The summed E-state index contributed by atoms with van der Waals surface area (Å²) in [7, 11) is -1.62. The van der Waals surface area contributed by atoms with Gasteiger partial charge in [-0.2, -0.15) is 5.10 Å². The summed E-state index contributed by atoms with van der Waals surface area (Å²) in [5, 5.41) is 4.66. The third-order valence-corrected chi connectivity index (χ3v) is 4.89. The van der Waals surface area contributed by atoms with Crippen LogP contribution in [0.5, 0.6) is 5.75 Å². The highest BCUT2D eigenvalue weighted by molar-refractivity contribution is 7.90. The lowest BCUT2D eigenvalue weighted by Gasteiger charge is -2.09. The molecular weight excluding hydrogens is 348 g/mol. The second-order valence-electron chi connectivity index (χ2n) is 5.26.